The highest BCUT2D eigenvalue weighted by atomic mass is 16.5. The van der Waals surface area contributed by atoms with Crippen LogP contribution in [0.1, 0.15) is 41.2 Å². The summed E-state index contributed by atoms with van der Waals surface area (Å²) in [7, 11) is 0. The number of H-pyrrole nitrogens is 1. The third-order valence-electron chi connectivity index (χ3n) is 4.56. The lowest BCUT2D eigenvalue weighted by Gasteiger charge is -2.21. The minimum Gasteiger partial charge on any atom is -0.462 e. The van der Waals surface area contributed by atoms with E-state index in [2.05, 4.69) is 4.98 Å². The molecule has 126 valence electrons. The molecule has 0 unspecified atom stereocenters. The molecule has 0 spiro atoms. The van der Waals surface area contributed by atoms with Gasteiger partial charge in [0.1, 0.15) is 0 Å². The molecule has 1 saturated carbocycles. The van der Waals surface area contributed by atoms with Gasteiger partial charge in [0.15, 0.2) is 0 Å². The Balaban J connectivity index is 1.72. The largest absolute Gasteiger partial charge is 0.462 e. The van der Waals surface area contributed by atoms with E-state index in [1.165, 1.54) is 0 Å². The van der Waals surface area contributed by atoms with Crippen molar-refractivity contribution in [1.82, 2.24) is 9.55 Å². The van der Waals surface area contributed by atoms with Crippen LogP contribution < -0.4 is 11.2 Å². The van der Waals surface area contributed by atoms with Gasteiger partial charge in [-0.15, -0.1) is 0 Å². The van der Waals surface area contributed by atoms with Crippen LogP contribution in [0.3, 0.4) is 0 Å². The summed E-state index contributed by atoms with van der Waals surface area (Å²) in [5.74, 6) is -0.285. The van der Waals surface area contributed by atoms with E-state index in [9.17, 15) is 14.4 Å². The number of rotatable bonds is 4. The highest BCUT2D eigenvalue weighted by Crippen LogP contribution is 2.35. The second kappa shape index (κ2) is 6.86. The number of aromatic amines is 1. The molecule has 1 aromatic heterocycles. The number of carbonyl (C=O) groups is 1. The zero-order valence-electron chi connectivity index (χ0n) is 13.5. The number of ether oxygens (including phenoxy) is 1. The summed E-state index contributed by atoms with van der Waals surface area (Å²) in [6, 6.07) is 8.79. The Labute approximate surface area is 139 Å². The standard InChI is InChI=1S/C18H20N2O4/c1-12-10-20(18(23)19-16(12)21)15-9-5-8-14(15)11-24-17(22)13-6-3-2-4-7-13/h2-4,6-7,10,14-15H,5,8-9,11H2,1H3,(H,19,21,23)/t14-,15-/m0/s1. The number of nitrogens with one attached hydrogen (secondary N) is 1. The monoisotopic (exact) mass is 328 g/mol. The maximum Gasteiger partial charge on any atom is 0.338 e. The van der Waals surface area contributed by atoms with Crippen LogP contribution >= 0.6 is 0 Å². The molecule has 2 atom stereocenters. The number of benzene rings is 1. The Morgan fingerprint density at radius 3 is 2.75 bits per heavy atom. The molecule has 1 heterocycles. The molecule has 0 radical (unpaired) electrons. The number of carbonyl (C=O) groups excluding carboxylic acids is 1. The number of esters is 1. The Hall–Kier alpha value is -2.63. The first kappa shape index (κ1) is 16.2. The molecule has 6 nitrogen and oxygen atoms in total. The molecular formula is C18H20N2O4. The molecule has 0 bridgehead atoms. The van der Waals surface area contributed by atoms with Crippen LogP contribution in [0.2, 0.25) is 0 Å². The molecule has 0 saturated heterocycles. The van der Waals surface area contributed by atoms with E-state index in [0.717, 1.165) is 19.3 Å². The predicted octanol–water partition coefficient (Wildman–Crippen LogP) is 2.04. The van der Waals surface area contributed by atoms with Gasteiger partial charge in [0.2, 0.25) is 0 Å². The van der Waals surface area contributed by atoms with Gasteiger partial charge in [-0.05, 0) is 31.9 Å². The molecule has 1 fully saturated rings. The second-order valence-corrected chi connectivity index (χ2v) is 6.20. The summed E-state index contributed by atoms with van der Waals surface area (Å²) in [5.41, 5.74) is 0.254. The van der Waals surface area contributed by atoms with Crippen molar-refractivity contribution in [3.63, 3.8) is 0 Å². The minimum atomic E-state index is -0.406. The third-order valence-corrected chi connectivity index (χ3v) is 4.56. The highest BCUT2D eigenvalue weighted by Gasteiger charge is 2.30. The fourth-order valence-corrected chi connectivity index (χ4v) is 3.25. The molecule has 2 aromatic rings. The number of aromatic nitrogens is 2. The molecule has 1 N–H and O–H groups in total. The van der Waals surface area contributed by atoms with Crippen LogP contribution in [0.25, 0.3) is 0 Å². The summed E-state index contributed by atoms with van der Waals surface area (Å²) in [4.78, 5) is 38.0. The molecule has 3 rings (SSSR count). The van der Waals surface area contributed by atoms with Crippen molar-refractivity contribution in [2.75, 3.05) is 6.61 Å². The van der Waals surface area contributed by atoms with Crippen molar-refractivity contribution < 1.29 is 9.53 Å². The van der Waals surface area contributed by atoms with Crippen LogP contribution in [0, 0.1) is 12.8 Å². The van der Waals surface area contributed by atoms with Gasteiger partial charge >= 0.3 is 11.7 Å². The Kier molecular flexibility index (Phi) is 4.64. The quantitative estimate of drug-likeness (QED) is 0.871. The molecule has 0 amide bonds. The number of hydrogen-bond donors (Lipinski definition) is 1. The lowest BCUT2D eigenvalue weighted by atomic mass is 10.0. The van der Waals surface area contributed by atoms with E-state index in [1.807, 2.05) is 6.07 Å². The van der Waals surface area contributed by atoms with Gasteiger partial charge in [-0.25, -0.2) is 9.59 Å². The third kappa shape index (κ3) is 3.32. The molecule has 1 aliphatic carbocycles. The summed E-state index contributed by atoms with van der Waals surface area (Å²) < 4.78 is 7.01. The average molecular weight is 328 g/mol. The molecule has 6 heteroatoms. The first-order valence-corrected chi connectivity index (χ1v) is 8.10. The zero-order chi connectivity index (χ0) is 17.1. The van der Waals surface area contributed by atoms with E-state index >= 15 is 0 Å². The summed E-state index contributed by atoms with van der Waals surface area (Å²) >= 11 is 0. The first-order valence-electron chi connectivity index (χ1n) is 8.10. The topological polar surface area (TPSA) is 81.2 Å². The van der Waals surface area contributed by atoms with Crippen molar-refractivity contribution in [3.8, 4) is 0 Å². The molecule has 24 heavy (non-hydrogen) atoms. The first-order chi connectivity index (χ1) is 11.6. The van der Waals surface area contributed by atoms with E-state index in [0.29, 0.717) is 11.1 Å². The van der Waals surface area contributed by atoms with Crippen LogP contribution in [0.4, 0.5) is 0 Å². The van der Waals surface area contributed by atoms with E-state index in [4.69, 9.17) is 4.74 Å². The van der Waals surface area contributed by atoms with Crippen molar-refractivity contribution in [2.24, 2.45) is 5.92 Å². The van der Waals surface area contributed by atoms with E-state index < -0.39 is 5.69 Å². The van der Waals surface area contributed by atoms with Crippen molar-refractivity contribution in [2.45, 2.75) is 32.2 Å². The van der Waals surface area contributed by atoms with Gasteiger partial charge in [-0.3, -0.25) is 14.3 Å². The summed E-state index contributed by atoms with van der Waals surface area (Å²) in [6.07, 6.45) is 4.28. The van der Waals surface area contributed by atoms with Crippen molar-refractivity contribution in [1.29, 1.82) is 0 Å². The van der Waals surface area contributed by atoms with Gasteiger partial charge in [0.05, 0.1) is 12.2 Å². The fourth-order valence-electron chi connectivity index (χ4n) is 3.25. The zero-order valence-corrected chi connectivity index (χ0v) is 13.5. The second-order valence-electron chi connectivity index (χ2n) is 6.20. The minimum absolute atomic E-state index is 0.0587. The van der Waals surface area contributed by atoms with Gasteiger partial charge in [0.25, 0.3) is 5.56 Å². The van der Waals surface area contributed by atoms with Crippen molar-refractivity contribution >= 4 is 5.97 Å². The average Bonchev–Trinajstić information content (AvgIpc) is 3.05. The SMILES string of the molecule is Cc1cn([C@H]2CCC[C@H]2COC(=O)c2ccccc2)c(=O)[nH]c1=O. The molecule has 0 aliphatic heterocycles. The van der Waals surface area contributed by atoms with Crippen LogP contribution in [-0.4, -0.2) is 22.1 Å². The normalized spacial score (nSPS) is 20.0. The highest BCUT2D eigenvalue weighted by molar-refractivity contribution is 5.89. The fraction of sp³-hybridized carbons (Fsp3) is 0.389. The van der Waals surface area contributed by atoms with Crippen LogP contribution in [-0.2, 0) is 4.74 Å². The lowest BCUT2D eigenvalue weighted by molar-refractivity contribution is 0.0413. The van der Waals surface area contributed by atoms with E-state index in [-0.39, 0.29) is 30.1 Å². The maximum atomic E-state index is 12.1. The number of hydrogen-bond acceptors (Lipinski definition) is 4. The van der Waals surface area contributed by atoms with Crippen LogP contribution in [0.15, 0.2) is 46.1 Å². The van der Waals surface area contributed by atoms with Crippen molar-refractivity contribution in [3.05, 3.63) is 68.5 Å². The smallest absolute Gasteiger partial charge is 0.338 e. The lowest BCUT2D eigenvalue weighted by Crippen LogP contribution is -2.35. The predicted molar refractivity (Wildman–Crippen MR) is 89.2 cm³/mol. The van der Waals surface area contributed by atoms with Crippen LogP contribution in [0.5, 0.6) is 0 Å². The number of aryl methyl sites for hydroxylation is 1. The van der Waals surface area contributed by atoms with Gasteiger partial charge in [-0.1, -0.05) is 24.6 Å². The van der Waals surface area contributed by atoms with Gasteiger partial charge < -0.3 is 4.74 Å². The van der Waals surface area contributed by atoms with E-state index in [1.54, 1.807) is 42.0 Å². The van der Waals surface area contributed by atoms with Gasteiger partial charge in [-0.2, -0.15) is 0 Å². The Bertz CT molecular complexity index is 838. The summed E-state index contributed by atoms with van der Waals surface area (Å²) in [5, 5.41) is 0. The molecular weight excluding hydrogens is 308 g/mol. The summed E-state index contributed by atoms with van der Waals surface area (Å²) in [6.45, 7) is 1.94. The Morgan fingerprint density at radius 2 is 2.00 bits per heavy atom. The number of nitrogens with zero attached hydrogens (tertiary/aromatic N) is 1. The maximum absolute atomic E-state index is 12.1. The van der Waals surface area contributed by atoms with Gasteiger partial charge in [0, 0.05) is 23.7 Å². The molecule has 1 aliphatic rings. The Morgan fingerprint density at radius 1 is 1.25 bits per heavy atom. The molecule has 1 aromatic carbocycles.